The van der Waals surface area contributed by atoms with Crippen molar-refractivity contribution in [3.05, 3.63) is 106 Å². The number of aromatic nitrogens is 1. The van der Waals surface area contributed by atoms with Gasteiger partial charge < -0.3 is 9.72 Å². The van der Waals surface area contributed by atoms with Gasteiger partial charge in [0.1, 0.15) is 0 Å². The number of nitrogens with one attached hydrogen (secondary N) is 1. The van der Waals surface area contributed by atoms with Crippen LogP contribution in [0.5, 0.6) is 0 Å². The Morgan fingerprint density at radius 1 is 0.828 bits per heavy atom. The number of hydrogen-bond donors (Lipinski definition) is 1. The number of halogens is 2. The maximum absolute atomic E-state index is 13.4. The summed E-state index contributed by atoms with van der Waals surface area (Å²) in [7, 11) is 0. The van der Waals surface area contributed by atoms with Crippen LogP contribution in [0.2, 0.25) is 10.0 Å². The van der Waals surface area contributed by atoms with E-state index in [0.29, 0.717) is 11.1 Å². The number of esters is 1. The van der Waals surface area contributed by atoms with E-state index >= 15 is 0 Å². The first-order valence-corrected chi connectivity index (χ1v) is 9.62. The normalized spacial score (nSPS) is 11.9. The fourth-order valence-electron chi connectivity index (χ4n) is 3.18. The highest BCUT2D eigenvalue weighted by Crippen LogP contribution is 2.31. The third kappa shape index (κ3) is 3.77. The van der Waals surface area contributed by atoms with Gasteiger partial charge in [-0.05, 0) is 18.2 Å². The zero-order valence-electron chi connectivity index (χ0n) is 15.1. The van der Waals surface area contributed by atoms with Crippen molar-refractivity contribution in [2.75, 3.05) is 0 Å². The molecule has 4 aromatic rings. The molecule has 0 bridgehead atoms. The van der Waals surface area contributed by atoms with Crippen LogP contribution < -0.4 is 0 Å². The third-order valence-electron chi connectivity index (χ3n) is 4.59. The fraction of sp³-hybridized carbons (Fsp3) is 0.0435. The lowest BCUT2D eigenvalue weighted by Crippen LogP contribution is -2.20. The van der Waals surface area contributed by atoms with Crippen molar-refractivity contribution in [2.24, 2.45) is 0 Å². The molecule has 6 heteroatoms. The van der Waals surface area contributed by atoms with Crippen LogP contribution in [0.1, 0.15) is 32.4 Å². The summed E-state index contributed by atoms with van der Waals surface area (Å²) in [5.41, 5.74) is 1.85. The Morgan fingerprint density at radius 2 is 1.48 bits per heavy atom. The molecule has 0 unspecified atom stereocenters. The van der Waals surface area contributed by atoms with Gasteiger partial charge in [-0.3, -0.25) is 4.79 Å². The minimum Gasteiger partial charge on any atom is -0.445 e. The first-order chi connectivity index (χ1) is 14.1. The summed E-state index contributed by atoms with van der Waals surface area (Å²) in [6.45, 7) is 0. The zero-order valence-corrected chi connectivity index (χ0v) is 16.6. The molecule has 0 aliphatic rings. The number of Topliss-reactive ketones (excluding diaryl/α,β-unsaturated/α-hetero) is 1. The van der Waals surface area contributed by atoms with E-state index in [1.807, 2.05) is 30.3 Å². The standard InChI is InChI=1S/C23H15Cl2NO3/c24-17-10-6-11-18(25)20(17)23(28)29-22(14-7-2-1-3-8-14)21(27)16-13-26-19-12-5-4-9-15(16)19/h1-13,22,26H/t22-/m1/s1. The highest BCUT2D eigenvalue weighted by atomic mass is 35.5. The lowest BCUT2D eigenvalue weighted by atomic mass is 9.99. The summed E-state index contributed by atoms with van der Waals surface area (Å²) in [6, 6.07) is 21.0. The van der Waals surface area contributed by atoms with Gasteiger partial charge in [-0.2, -0.15) is 0 Å². The van der Waals surface area contributed by atoms with E-state index in [9.17, 15) is 9.59 Å². The van der Waals surface area contributed by atoms with Crippen molar-refractivity contribution >= 4 is 45.9 Å². The monoisotopic (exact) mass is 423 g/mol. The molecule has 1 heterocycles. The minimum absolute atomic E-state index is 0.0310. The van der Waals surface area contributed by atoms with E-state index in [0.717, 1.165) is 10.9 Å². The van der Waals surface area contributed by atoms with Crippen molar-refractivity contribution in [3.63, 3.8) is 0 Å². The quantitative estimate of drug-likeness (QED) is 0.304. The van der Waals surface area contributed by atoms with E-state index in [4.69, 9.17) is 27.9 Å². The van der Waals surface area contributed by atoms with Crippen LogP contribution in [0.25, 0.3) is 10.9 Å². The molecule has 0 amide bonds. The number of hydrogen-bond acceptors (Lipinski definition) is 3. The molecule has 0 spiro atoms. The lowest BCUT2D eigenvalue weighted by molar-refractivity contribution is 0.0281. The van der Waals surface area contributed by atoms with Crippen molar-refractivity contribution < 1.29 is 14.3 Å². The molecular formula is C23H15Cl2NO3. The average molecular weight is 424 g/mol. The number of rotatable bonds is 5. The van der Waals surface area contributed by atoms with Crippen LogP contribution in [-0.2, 0) is 4.74 Å². The van der Waals surface area contributed by atoms with E-state index in [1.54, 1.807) is 48.7 Å². The Kier molecular flexibility index (Phi) is 5.38. The zero-order chi connectivity index (χ0) is 20.4. The van der Waals surface area contributed by atoms with Crippen LogP contribution in [0.3, 0.4) is 0 Å². The number of H-pyrrole nitrogens is 1. The van der Waals surface area contributed by atoms with Crippen molar-refractivity contribution in [1.82, 2.24) is 4.98 Å². The maximum atomic E-state index is 13.4. The van der Waals surface area contributed by atoms with Gasteiger partial charge in [0.25, 0.3) is 0 Å². The lowest BCUT2D eigenvalue weighted by Gasteiger charge is -2.18. The molecular weight excluding hydrogens is 409 g/mol. The Balaban J connectivity index is 1.75. The van der Waals surface area contributed by atoms with E-state index in [2.05, 4.69) is 4.98 Å². The molecule has 4 nitrogen and oxygen atoms in total. The van der Waals surface area contributed by atoms with E-state index < -0.39 is 12.1 Å². The third-order valence-corrected chi connectivity index (χ3v) is 5.22. The molecule has 0 radical (unpaired) electrons. The van der Waals surface area contributed by atoms with Crippen LogP contribution in [0, 0.1) is 0 Å². The Morgan fingerprint density at radius 3 is 2.21 bits per heavy atom. The summed E-state index contributed by atoms with van der Waals surface area (Å²) >= 11 is 12.3. The maximum Gasteiger partial charge on any atom is 0.342 e. The summed E-state index contributed by atoms with van der Waals surface area (Å²) in [4.78, 5) is 29.3. The second-order valence-corrected chi connectivity index (χ2v) is 7.22. The molecule has 29 heavy (non-hydrogen) atoms. The Hall–Kier alpha value is -3.08. The first kappa shape index (κ1) is 19.2. The van der Waals surface area contributed by atoms with Gasteiger partial charge in [-0.25, -0.2) is 4.79 Å². The molecule has 0 fully saturated rings. The Bertz CT molecular complexity index is 1180. The summed E-state index contributed by atoms with van der Waals surface area (Å²) in [5, 5.41) is 1.08. The molecule has 144 valence electrons. The Labute approximate surface area is 177 Å². The molecule has 1 atom stereocenters. The molecule has 0 aliphatic heterocycles. The molecule has 0 saturated carbocycles. The number of fused-ring (bicyclic) bond motifs is 1. The number of ether oxygens (including phenoxy) is 1. The molecule has 0 aliphatic carbocycles. The molecule has 4 rings (SSSR count). The second kappa shape index (κ2) is 8.11. The topological polar surface area (TPSA) is 59.2 Å². The van der Waals surface area contributed by atoms with Gasteiger partial charge in [-0.15, -0.1) is 0 Å². The smallest absolute Gasteiger partial charge is 0.342 e. The number of ketones is 1. The van der Waals surface area contributed by atoms with Crippen LogP contribution in [-0.4, -0.2) is 16.7 Å². The molecule has 3 aromatic carbocycles. The molecule has 1 aromatic heterocycles. The summed E-state index contributed by atoms with van der Waals surface area (Å²) in [6.07, 6.45) is 0.481. The van der Waals surface area contributed by atoms with Gasteiger partial charge in [-0.1, -0.05) is 77.8 Å². The molecule has 1 N–H and O–H groups in total. The van der Waals surface area contributed by atoms with Crippen molar-refractivity contribution in [1.29, 1.82) is 0 Å². The van der Waals surface area contributed by atoms with Crippen LogP contribution >= 0.6 is 23.2 Å². The number of para-hydroxylation sites is 1. The van der Waals surface area contributed by atoms with E-state index in [1.165, 1.54) is 0 Å². The van der Waals surface area contributed by atoms with Gasteiger partial charge in [0.2, 0.25) is 5.78 Å². The SMILES string of the molecule is O=C(O[C@@H](C(=O)c1c[nH]c2ccccc12)c1ccccc1)c1c(Cl)cccc1Cl. The second-order valence-electron chi connectivity index (χ2n) is 6.40. The van der Waals surface area contributed by atoms with Gasteiger partial charge in [0.15, 0.2) is 6.10 Å². The van der Waals surface area contributed by atoms with Crippen LogP contribution in [0.15, 0.2) is 79.0 Å². The van der Waals surface area contributed by atoms with Gasteiger partial charge in [0.05, 0.1) is 15.6 Å². The highest BCUT2D eigenvalue weighted by Gasteiger charge is 2.29. The fourth-order valence-corrected chi connectivity index (χ4v) is 3.73. The van der Waals surface area contributed by atoms with E-state index in [-0.39, 0.29) is 21.4 Å². The number of aromatic amines is 1. The summed E-state index contributed by atoms with van der Waals surface area (Å²) in [5.74, 6) is -1.10. The number of benzene rings is 3. The number of carbonyl (C=O) groups excluding carboxylic acids is 2. The van der Waals surface area contributed by atoms with Gasteiger partial charge >= 0.3 is 5.97 Å². The molecule has 0 saturated heterocycles. The van der Waals surface area contributed by atoms with Crippen molar-refractivity contribution in [2.45, 2.75) is 6.10 Å². The summed E-state index contributed by atoms with van der Waals surface area (Å²) < 4.78 is 5.65. The highest BCUT2D eigenvalue weighted by molar-refractivity contribution is 6.39. The number of carbonyl (C=O) groups is 2. The average Bonchev–Trinajstić information content (AvgIpc) is 3.16. The predicted molar refractivity (Wildman–Crippen MR) is 114 cm³/mol. The predicted octanol–water partition coefficient (Wildman–Crippen LogP) is 6.26. The van der Waals surface area contributed by atoms with Gasteiger partial charge in [0, 0.05) is 28.2 Å². The minimum atomic E-state index is -1.14. The first-order valence-electron chi connectivity index (χ1n) is 8.86. The largest absolute Gasteiger partial charge is 0.445 e. The van der Waals surface area contributed by atoms with Crippen molar-refractivity contribution in [3.8, 4) is 0 Å². The van der Waals surface area contributed by atoms with Crippen LogP contribution in [0.4, 0.5) is 0 Å².